The summed E-state index contributed by atoms with van der Waals surface area (Å²) in [5.41, 5.74) is 1.34. The van der Waals surface area contributed by atoms with Crippen LogP contribution in [0.2, 0.25) is 0 Å². The van der Waals surface area contributed by atoms with E-state index in [2.05, 4.69) is 34.9 Å². The van der Waals surface area contributed by atoms with E-state index >= 15 is 0 Å². The van der Waals surface area contributed by atoms with E-state index in [1.807, 2.05) is 6.07 Å². The van der Waals surface area contributed by atoms with Gasteiger partial charge < -0.3 is 10.6 Å². The number of carbonyl (C=O) groups excluding carboxylic acids is 1. The quantitative estimate of drug-likeness (QED) is 0.570. The van der Waals surface area contributed by atoms with Crippen LogP contribution in [-0.2, 0) is 11.2 Å². The molecule has 1 fully saturated rings. The molecule has 3 nitrogen and oxygen atoms in total. The van der Waals surface area contributed by atoms with Gasteiger partial charge in [0.15, 0.2) is 0 Å². The number of amides is 1. The zero-order chi connectivity index (χ0) is 15.5. The lowest BCUT2D eigenvalue weighted by Gasteiger charge is -2.15. The summed E-state index contributed by atoms with van der Waals surface area (Å²) in [6, 6.07) is 11.1. The zero-order valence-electron chi connectivity index (χ0n) is 13.7. The third-order valence-corrected chi connectivity index (χ3v) is 4.45. The predicted molar refractivity (Wildman–Crippen MR) is 91.9 cm³/mol. The molecule has 0 unspecified atom stereocenters. The molecule has 0 heterocycles. The van der Waals surface area contributed by atoms with Gasteiger partial charge in [-0.25, -0.2) is 0 Å². The Labute approximate surface area is 134 Å². The molecule has 3 heteroatoms. The third kappa shape index (κ3) is 7.08. The molecular weight excluding hydrogens is 272 g/mol. The molecule has 0 atom stereocenters. The lowest BCUT2D eigenvalue weighted by atomic mass is 10.1. The highest BCUT2D eigenvalue weighted by Gasteiger charge is 2.11. The molecular formula is C19H30N2O. The molecule has 0 aliphatic heterocycles. The highest BCUT2D eigenvalue weighted by Crippen LogP contribution is 2.16. The standard InChI is InChI=1S/C19H30N2O/c22-19(14-16-20-18-12-6-1-2-7-13-18)21-15-8-11-17-9-4-3-5-10-17/h3-5,9-10,18,20H,1-2,6-8,11-16H2,(H,21,22). The Balaban J connectivity index is 1.49. The first-order valence-electron chi connectivity index (χ1n) is 8.88. The Bertz CT molecular complexity index is 411. The highest BCUT2D eigenvalue weighted by atomic mass is 16.1. The Hall–Kier alpha value is -1.35. The van der Waals surface area contributed by atoms with Crippen LogP contribution in [0.4, 0.5) is 0 Å². The number of rotatable bonds is 8. The van der Waals surface area contributed by atoms with Crippen LogP contribution in [0.15, 0.2) is 30.3 Å². The topological polar surface area (TPSA) is 41.1 Å². The maximum atomic E-state index is 11.8. The molecule has 2 N–H and O–H groups in total. The van der Waals surface area contributed by atoms with Crippen molar-refractivity contribution < 1.29 is 4.79 Å². The second-order valence-electron chi connectivity index (χ2n) is 6.33. The van der Waals surface area contributed by atoms with Crippen molar-refractivity contribution in [2.75, 3.05) is 13.1 Å². The van der Waals surface area contributed by atoms with Crippen molar-refractivity contribution in [3.05, 3.63) is 35.9 Å². The maximum Gasteiger partial charge on any atom is 0.221 e. The van der Waals surface area contributed by atoms with E-state index in [-0.39, 0.29) is 5.91 Å². The third-order valence-electron chi connectivity index (χ3n) is 4.45. The van der Waals surface area contributed by atoms with Crippen molar-refractivity contribution in [3.8, 4) is 0 Å². The summed E-state index contributed by atoms with van der Waals surface area (Å²) in [7, 11) is 0. The lowest BCUT2D eigenvalue weighted by molar-refractivity contribution is -0.121. The van der Waals surface area contributed by atoms with Crippen LogP contribution < -0.4 is 10.6 Å². The summed E-state index contributed by atoms with van der Waals surface area (Å²) >= 11 is 0. The summed E-state index contributed by atoms with van der Waals surface area (Å²) in [4.78, 5) is 11.8. The molecule has 0 saturated heterocycles. The van der Waals surface area contributed by atoms with E-state index < -0.39 is 0 Å². The maximum absolute atomic E-state index is 11.8. The van der Waals surface area contributed by atoms with Crippen LogP contribution in [0.1, 0.15) is 56.9 Å². The smallest absolute Gasteiger partial charge is 0.221 e. The van der Waals surface area contributed by atoms with Gasteiger partial charge in [-0.2, -0.15) is 0 Å². The number of benzene rings is 1. The summed E-state index contributed by atoms with van der Waals surface area (Å²) < 4.78 is 0. The molecule has 122 valence electrons. The largest absolute Gasteiger partial charge is 0.356 e. The van der Waals surface area contributed by atoms with E-state index in [1.54, 1.807) is 0 Å². The van der Waals surface area contributed by atoms with Crippen molar-refractivity contribution in [3.63, 3.8) is 0 Å². The molecule has 1 aromatic rings. The van der Waals surface area contributed by atoms with Crippen molar-refractivity contribution in [2.45, 2.75) is 63.8 Å². The van der Waals surface area contributed by atoms with E-state index in [1.165, 1.54) is 44.1 Å². The fraction of sp³-hybridized carbons (Fsp3) is 0.632. The molecule has 1 amide bonds. The van der Waals surface area contributed by atoms with Gasteiger partial charge in [0, 0.05) is 25.6 Å². The fourth-order valence-electron chi connectivity index (χ4n) is 3.13. The Morgan fingerprint density at radius 2 is 1.73 bits per heavy atom. The first-order chi connectivity index (χ1) is 10.8. The second kappa shape index (κ2) is 10.4. The van der Waals surface area contributed by atoms with Crippen LogP contribution in [0.3, 0.4) is 0 Å². The number of carbonyl (C=O) groups is 1. The molecule has 0 radical (unpaired) electrons. The average Bonchev–Trinajstić information content (AvgIpc) is 2.81. The van der Waals surface area contributed by atoms with Gasteiger partial charge >= 0.3 is 0 Å². The first-order valence-corrected chi connectivity index (χ1v) is 8.88. The van der Waals surface area contributed by atoms with Crippen LogP contribution in [0, 0.1) is 0 Å². The highest BCUT2D eigenvalue weighted by molar-refractivity contribution is 5.76. The number of nitrogens with one attached hydrogen (secondary N) is 2. The average molecular weight is 302 g/mol. The van der Waals surface area contributed by atoms with Crippen molar-refractivity contribution in [2.24, 2.45) is 0 Å². The second-order valence-corrected chi connectivity index (χ2v) is 6.33. The molecule has 0 bridgehead atoms. The van der Waals surface area contributed by atoms with Crippen molar-refractivity contribution >= 4 is 5.91 Å². The van der Waals surface area contributed by atoms with Gasteiger partial charge in [-0.15, -0.1) is 0 Å². The van der Waals surface area contributed by atoms with Gasteiger partial charge in [0.2, 0.25) is 5.91 Å². The van der Waals surface area contributed by atoms with Gasteiger partial charge in [-0.3, -0.25) is 4.79 Å². The number of hydrogen-bond acceptors (Lipinski definition) is 2. The van der Waals surface area contributed by atoms with Crippen LogP contribution in [-0.4, -0.2) is 25.0 Å². The summed E-state index contributed by atoms with van der Waals surface area (Å²) in [6.45, 7) is 1.59. The number of aryl methyl sites for hydroxylation is 1. The van der Waals surface area contributed by atoms with Crippen molar-refractivity contribution in [1.29, 1.82) is 0 Å². The Kier molecular flexibility index (Phi) is 8.03. The molecule has 1 aliphatic carbocycles. The summed E-state index contributed by atoms with van der Waals surface area (Å²) in [5, 5.41) is 6.57. The monoisotopic (exact) mass is 302 g/mol. The first kappa shape index (κ1) is 17.0. The minimum atomic E-state index is 0.175. The van der Waals surface area contributed by atoms with Gasteiger partial charge in [-0.05, 0) is 31.2 Å². The summed E-state index contributed by atoms with van der Waals surface area (Å²) in [5.74, 6) is 0.175. The molecule has 1 aromatic carbocycles. The number of hydrogen-bond donors (Lipinski definition) is 2. The lowest BCUT2D eigenvalue weighted by Crippen LogP contribution is -2.33. The van der Waals surface area contributed by atoms with Crippen LogP contribution >= 0.6 is 0 Å². The van der Waals surface area contributed by atoms with E-state index in [4.69, 9.17) is 0 Å². The van der Waals surface area contributed by atoms with Crippen molar-refractivity contribution in [1.82, 2.24) is 10.6 Å². The van der Waals surface area contributed by atoms with E-state index in [0.29, 0.717) is 12.5 Å². The molecule has 0 spiro atoms. The summed E-state index contributed by atoms with van der Waals surface area (Å²) in [6.07, 6.45) is 10.6. The molecule has 22 heavy (non-hydrogen) atoms. The van der Waals surface area contributed by atoms with Gasteiger partial charge in [0.25, 0.3) is 0 Å². The fourth-order valence-corrected chi connectivity index (χ4v) is 3.13. The van der Waals surface area contributed by atoms with Gasteiger partial charge in [0.1, 0.15) is 0 Å². The van der Waals surface area contributed by atoms with Gasteiger partial charge in [-0.1, -0.05) is 56.0 Å². The zero-order valence-corrected chi connectivity index (χ0v) is 13.7. The Morgan fingerprint density at radius 3 is 2.45 bits per heavy atom. The van der Waals surface area contributed by atoms with E-state index in [0.717, 1.165) is 25.9 Å². The SMILES string of the molecule is O=C(CCNC1CCCCCC1)NCCCc1ccccc1. The predicted octanol–water partition coefficient (Wildman–Crippen LogP) is 3.44. The van der Waals surface area contributed by atoms with Crippen LogP contribution in [0.25, 0.3) is 0 Å². The minimum absolute atomic E-state index is 0.175. The van der Waals surface area contributed by atoms with Crippen LogP contribution in [0.5, 0.6) is 0 Å². The van der Waals surface area contributed by atoms with Gasteiger partial charge in [0.05, 0.1) is 0 Å². The van der Waals surface area contributed by atoms with E-state index in [9.17, 15) is 4.79 Å². The molecule has 2 rings (SSSR count). The molecule has 1 saturated carbocycles. The minimum Gasteiger partial charge on any atom is -0.356 e. The molecule has 1 aliphatic rings. The Morgan fingerprint density at radius 1 is 1.00 bits per heavy atom. The normalized spacial score (nSPS) is 16.2. The molecule has 0 aromatic heterocycles.